The molecule has 0 unspecified atom stereocenters. The number of rotatable bonds is 12. The molecule has 2 N–H and O–H groups in total. The third kappa shape index (κ3) is 8.17. The average molecular weight is 445 g/mol. The van der Waals surface area contributed by atoms with Crippen molar-refractivity contribution in [3.63, 3.8) is 0 Å². The Hall–Kier alpha value is -2.67. The number of anilines is 1. The number of amides is 2. The van der Waals surface area contributed by atoms with Crippen LogP contribution in [0.5, 0.6) is 11.5 Å². The highest BCUT2D eigenvalue weighted by molar-refractivity contribution is 7.99. The monoisotopic (exact) mass is 444 g/mol. The molecule has 2 amide bonds. The van der Waals surface area contributed by atoms with Gasteiger partial charge in [0.05, 0.1) is 20.0 Å². The number of benzene rings is 2. The van der Waals surface area contributed by atoms with Gasteiger partial charge in [0.25, 0.3) is 0 Å². The SMILES string of the molecule is COc1ccc(CCNC(=O)CSCCCC(=O)Nc2c(C)cccc2C)cc1OC. The Morgan fingerprint density at radius 1 is 0.968 bits per heavy atom. The number of methoxy groups -OCH3 is 2. The van der Waals surface area contributed by atoms with Gasteiger partial charge in [0, 0.05) is 18.7 Å². The van der Waals surface area contributed by atoms with E-state index in [1.54, 1.807) is 26.0 Å². The number of thioether (sulfide) groups is 1. The molecular weight excluding hydrogens is 412 g/mol. The molecule has 0 aromatic heterocycles. The smallest absolute Gasteiger partial charge is 0.230 e. The van der Waals surface area contributed by atoms with E-state index in [4.69, 9.17) is 9.47 Å². The summed E-state index contributed by atoms with van der Waals surface area (Å²) < 4.78 is 10.5. The maximum atomic E-state index is 12.2. The van der Waals surface area contributed by atoms with Crippen molar-refractivity contribution in [3.8, 4) is 11.5 Å². The van der Waals surface area contributed by atoms with Crippen LogP contribution in [-0.4, -0.2) is 44.1 Å². The van der Waals surface area contributed by atoms with Gasteiger partial charge in [-0.1, -0.05) is 24.3 Å². The van der Waals surface area contributed by atoms with Crippen LogP contribution in [0, 0.1) is 13.8 Å². The van der Waals surface area contributed by atoms with Crippen molar-refractivity contribution in [1.29, 1.82) is 0 Å². The number of hydrogen-bond acceptors (Lipinski definition) is 5. The van der Waals surface area contributed by atoms with Crippen LogP contribution in [0.15, 0.2) is 36.4 Å². The lowest BCUT2D eigenvalue weighted by Crippen LogP contribution is -2.27. The Morgan fingerprint density at radius 2 is 1.68 bits per heavy atom. The van der Waals surface area contributed by atoms with E-state index in [-0.39, 0.29) is 11.8 Å². The van der Waals surface area contributed by atoms with Crippen LogP contribution in [-0.2, 0) is 16.0 Å². The molecule has 0 spiro atoms. The zero-order valence-electron chi connectivity index (χ0n) is 18.7. The molecule has 0 aliphatic rings. The second-order valence-electron chi connectivity index (χ2n) is 7.26. The van der Waals surface area contributed by atoms with Crippen molar-refractivity contribution in [3.05, 3.63) is 53.1 Å². The van der Waals surface area contributed by atoms with Crippen LogP contribution < -0.4 is 20.1 Å². The Kier molecular flexibility index (Phi) is 10.2. The number of aryl methyl sites for hydroxylation is 2. The van der Waals surface area contributed by atoms with Crippen molar-refractivity contribution >= 4 is 29.3 Å². The molecule has 0 fully saturated rings. The van der Waals surface area contributed by atoms with Gasteiger partial charge in [-0.2, -0.15) is 11.8 Å². The van der Waals surface area contributed by atoms with Gasteiger partial charge in [-0.05, 0) is 61.3 Å². The highest BCUT2D eigenvalue weighted by Gasteiger charge is 2.08. The fraction of sp³-hybridized carbons (Fsp3) is 0.417. The maximum Gasteiger partial charge on any atom is 0.230 e. The summed E-state index contributed by atoms with van der Waals surface area (Å²) in [7, 11) is 3.21. The van der Waals surface area contributed by atoms with Gasteiger partial charge in [-0.3, -0.25) is 9.59 Å². The summed E-state index contributed by atoms with van der Waals surface area (Å²) in [6, 6.07) is 11.7. The molecular formula is C24H32N2O4S. The zero-order chi connectivity index (χ0) is 22.6. The standard InChI is InChI=1S/C24H32N2O4S/c1-17-7-5-8-18(2)24(17)26-22(27)9-6-14-31-16-23(28)25-13-12-19-10-11-20(29-3)21(15-19)30-4/h5,7-8,10-11,15H,6,9,12-14,16H2,1-4H3,(H,25,28)(H,26,27). The van der Waals surface area contributed by atoms with Crippen LogP contribution in [0.1, 0.15) is 29.5 Å². The van der Waals surface area contributed by atoms with Gasteiger partial charge >= 0.3 is 0 Å². The summed E-state index contributed by atoms with van der Waals surface area (Å²) in [5.41, 5.74) is 4.09. The van der Waals surface area contributed by atoms with E-state index in [2.05, 4.69) is 10.6 Å². The largest absolute Gasteiger partial charge is 0.493 e. The normalized spacial score (nSPS) is 10.5. The maximum absolute atomic E-state index is 12.2. The summed E-state index contributed by atoms with van der Waals surface area (Å²) in [4.78, 5) is 24.2. The molecule has 0 aliphatic carbocycles. The van der Waals surface area contributed by atoms with Crippen LogP contribution >= 0.6 is 11.8 Å². The Morgan fingerprint density at radius 3 is 2.35 bits per heavy atom. The molecule has 2 aromatic carbocycles. The fourth-order valence-corrected chi connectivity index (χ4v) is 3.93. The van der Waals surface area contributed by atoms with Gasteiger partial charge in [0.2, 0.25) is 11.8 Å². The lowest BCUT2D eigenvalue weighted by molar-refractivity contribution is -0.118. The van der Waals surface area contributed by atoms with E-state index in [1.165, 1.54) is 0 Å². The number of nitrogens with one attached hydrogen (secondary N) is 2. The second-order valence-corrected chi connectivity index (χ2v) is 8.37. The van der Waals surface area contributed by atoms with E-state index in [0.29, 0.717) is 30.2 Å². The van der Waals surface area contributed by atoms with Gasteiger partial charge in [-0.25, -0.2) is 0 Å². The van der Waals surface area contributed by atoms with Crippen molar-refractivity contribution in [1.82, 2.24) is 5.32 Å². The third-order valence-electron chi connectivity index (χ3n) is 4.86. The zero-order valence-corrected chi connectivity index (χ0v) is 19.6. The second kappa shape index (κ2) is 12.9. The number of hydrogen-bond donors (Lipinski definition) is 2. The van der Waals surface area contributed by atoms with Gasteiger partial charge in [0.15, 0.2) is 11.5 Å². The molecule has 0 saturated heterocycles. The topological polar surface area (TPSA) is 76.7 Å². The fourth-order valence-electron chi connectivity index (χ4n) is 3.15. The van der Waals surface area contributed by atoms with E-state index in [0.717, 1.165) is 41.0 Å². The molecule has 0 aliphatic heterocycles. The molecule has 2 aromatic rings. The summed E-state index contributed by atoms with van der Waals surface area (Å²) in [6.07, 6.45) is 1.90. The van der Waals surface area contributed by atoms with Crippen LogP contribution in [0.4, 0.5) is 5.69 Å². The molecule has 7 heteroatoms. The molecule has 6 nitrogen and oxygen atoms in total. The van der Waals surface area contributed by atoms with Gasteiger partial charge in [0.1, 0.15) is 0 Å². The number of carbonyl (C=O) groups excluding carboxylic acids is 2. The molecule has 31 heavy (non-hydrogen) atoms. The predicted molar refractivity (Wildman–Crippen MR) is 127 cm³/mol. The molecule has 2 rings (SSSR count). The lowest BCUT2D eigenvalue weighted by atomic mass is 10.1. The van der Waals surface area contributed by atoms with Crippen molar-refractivity contribution in [2.75, 3.05) is 37.6 Å². The minimum Gasteiger partial charge on any atom is -0.493 e. The highest BCUT2D eigenvalue weighted by Crippen LogP contribution is 2.27. The predicted octanol–water partition coefficient (Wildman–Crippen LogP) is 4.13. The van der Waals surface area contributed by atoms with Crippen LogP contribution in [0.3, 0.4) is 0 Å². The highest BCUT2D eigenvalue weighted by atomic mass is 32.2. The Bertz CT molecular complexity index is 866. The van der Waals surface area contributed by atoms with E-state index in [9.17, 15) is 9.59 Å². The number of ether oxygens (including phenoxy) is 2. The summed E-state index contributed by atoms with van der Waals surface area (Å²) in [6.45, 7) is 4.54. The first-order valence-electron chi connectivity index (χ1n) is 10.4. The molecule has 168 valence electrons. The summed E-state index contributed by atoms with van der Waals surface area (Å²) in [5.74, 6) is 2.55. The van der Waals surface area contributed by atoms with Gasteiger partial charge in [-0.15, -0.1) is 0 Å². The Balaban J connectivity index is 1.59. The summed E-state index contributed by atoms with van der Waals surface area (Å²) >= 11 is 1.54. The molecule has 0 atom stereocenters. The first-order chi connectivity index (χ1) is 14.9. The summed E-state index contributed by atoms with van der Waals surface area (Å²) in [5, 5.41) is 5.92. The first kappa shape index (κ1) is 24.6. The van der Waals surface area contributed by atoms with Crippen molar-refractivity contribution in [2.45, 2.75) is 33.1 Å². The minimum atomic E-state index is 0.00506. The average Bonchev–Trinajstić information content (AvgIpc) is 2.76. The van der Waals surface area contributed by atoms with Crippen molar-refractivity contribution < 1.29 is 19.1 Å². The van der Waals surface area contributed by atoms with E-state index < -0.39 is 0 Å². The lowest BCUT2D eigenvalue weighted by Gasteiger charge is -2.11. The Labute approximate surface area is 189 Å². The third-order valence-corrected chi connectivity index (χ3v) is 5.90. The van der Waals surface area contributed by atoms with E-state index in [1.807, 2.05) is 50.2 Å². The molecule has 0 radical (unpaired) electrons. The van der Waals surface area contributed by atoms with Crippen LogP contribution in [0.25, 0.3) is 0 Å². The number of para-hydroxylation sites is 1. The van der Waals surface area contributed by atoms with E-state index >= 15 is 0 Å². The van der Waals surface area contributed by atoms with Gasteiger partial charge < -0.3 is 20.1 Å². The first-order valence-corrected chi connectivity index (χ1v) is 11.5. The molecule has 0 heterocycles. The van der Waals surface area contributed by atoms with Crippen LogP contribution in [0.2, 0.25) is 0 Å². The quantitative estimate of drug-likeness (QED) is 0.482. The molecule has 0 bridgehead atoms. The van der Waals surface area contributed by atoms with Crippen molar-refractivity contribution in [2.24, 2.45) is 0 Å². The molecule has 0 saturated carbocycles. The minimum absolute atomic E-state index is 0.00506. The number of carbonyl (C=O) groups is 2.